The Labute approximate surface area is 183 Å². The van der Waals surface area contributed by atoms with Crippen LogP contribution in [0.1, 0.15) is 60.1 Å². The molecule has 0 aliphatic carbocycles. The topological polar surface area (TPSA) is 93.1 Å². The number of aromatic hydroxyl groups is 2. The number of carbonyl (C=O) groups is 2. The van der Waals surface area contributed by atoms with Crippen LogP contribution in [-0.4, -0.2) is 35.4 Å². The Balaban J connectivity index is 2.24. The van der Waals surface area contributed by atoms with Crippen LogP contribution in [-0.2, 0) is 38.3 Å². The summed E-state index contributed by atoms with van der Waals surface area (Å²) >= 11 is 0. The van der Waals surface area contributed by atoms with Crippen LogP contribution in [0.25, 0.3) is 0 Å². The van der Waals surface area contributed by atoms with E-state index in [-0.39, 0.29) is 36.3 Å². The Morgan fingerprint density at radius 2 is 1.13 bits per heavy atom. The van der Waals surface area contributed by atoms with Crippen LogP contribution in [0, 0.1) is 13.8 Å². The first kappa shape index (κ1) is 24.3. The summed E-state index contributed by atoms with van der Waals surface area (Å²) in [4.78, 5) is 23.4. The van der Waals surface area contributed by atoms with Gasteiger partial charge in [-0.05, 0) is 73.9 Å². The van der Waals surface area contributed by atoms with Crippen molar-refractivity contribution in [2.24, 2.45) is 0 Å². The number of rotatable bonds is 10. The highest BCUT2D eigenvalue weighted by atomic mass is 16.5. The number of phenols is 2. The van der Waals surface area contributed by atoms with Crippen LogP contribution in [0.2, 0.25) is 0 Å². The Morgan fingerprint density at radius 1 is 0.742 bits per heavy atom. The number of ether oxygens (including phenoxy) is 2. The van der Waals surface area contributed by atoms with Gasteiger partial charge in [0.15, 0.2) is 0 Å². The molecule has 0 aromatic heterocycles. The van der Waals surface area contributed by atoms with Gasteiger partial charge >= 0.3 is 11.9 Å². The molecule has 0 radical (unpaired) electrons. The molecule has 2 aromatic carbocycles. The molecule has 2 aromatic rings. The van der Waals surface area contributed by atoms with Crippen LogP contribution in [0.15, 0.2) is 24.3 Å². The molecule has 168 valence electrons. The van der Waals surface area contributed by atoms with Gasteiger partial charge in [-0.25, -0.2) is 0 Å². The smallest absolute Gasteiger partial charge is 0.306 e. The molecule has 0 heterocycles. The maximum atomic E-state index is 11.7. The lowest BCUT2D eigenvalue weighted by atomic mass is 9.94. The molecule has 0 spiro atoms. The molecule has 6 nitrogen and oxygen atoms in total. The summed E-state index contributed by atoms with van der Waals surface area (Å²) < 4.78 is 9.97. The minimum Gasteiger partial charge on any atom is -0.507 e. The third-order valence-electron chi connectivity index (χ3n) is 5.11. The van der Waals surface area contributed by atoms with E-state index in [1.165, 1.54) is 0 Å². The maximum absolute atomic E-state index is 11.7. The van der Waals surface area contributed by atoms with Gasteiger partial charge in [0.2, 0.25) is 0 Å². The normalized spacial score (nSPS) is 10.7. The summed E-state index contributed by atoms with van der Waals surface area (Å²) in [5.74, 6) is -0.155. The molecule has 0 fully saturated rings. The molecular formula is C25H32O6. The van der Waals surface area contributed by atoms with Gasteiger partial charge in [0.25, 0.3) is 0 Å². The van der Waals surface area contributed by atoms with Crippen molar-refractivity contribution in [1.29, 1.82) is 0 Å². The SMILES string of the molecule is CCOC(=O)CCc1cc(C)c(O)c(Cc2cc(CCC(=O)OCC)cc(C)c2O)c1. The number of aryl methyl sites for hydroxylation is 4. The average Bonchev–Trinajstić information content (AvgIpc) is 2.72. The molecule has 2 rings (SSSR count). The fourth-order valence-corrected chi connectivity index (χ4v) is 3.59. The third-order valence-corrected chi connectivity index (χ3v) is 5.11. The van der Waals surface area contributed by atoms with E-state index in [0.29, 0.717) is 54.7 Å². The van der Waals surface area contributed by atoms with Gasteiger partial charge < -0.3 is 19.7 Å². The van der Waals surface area contributed by atoms with Crippen LogP contribution in [0.3, 0.4) is 0 Å². The van der Waals surface area contributed by atoms with E-state index < -0.39 is 0 Å². The molecule has 31 heavy (non-hydrogen) atoms. The summed E-state index contributed by atoms with van der Waals surface area (Å²) in [7, 11) is 0. The second kappa shape index (κ2) is 11.4. The Hall–Kier alpha value is -3.02. The van der Waals surface area contributed by atoms with E-state index in [4.69, 9.17) is 9.47 Å². The van der Waals surface area contributed by atoms with E-state index in [9.17, 15) is 19.8 Å². The quantitative estimate of drug-likeness (QED) is 0.548. The van der Waals surface area contributed by atoms with Crippen molar-refractivity contribution < 1.29 is 29.3 Å². The third kappa shape index (κ3) is 7.02. The first-order valence-electron chi connectivity index (χ1n) is 10.7. The monoisotopic (exact) mass is 428 g/mol. The van der Waals surface area contributed by atoms with Gasteiger partial charge in [-0.2, -0.15) is 0 Å². The van der Waals surface area contributed by atoms with Gasteiger partial charge in [-0.15, -0.1) is 0 Å². The van der Waals surface area contributed by atoms with Crippen molar-refractivity contribution in [3.8, 4) is 11.5 Å². The molecule has 0 aliphatic heterocycles. The van der Waals surface area contributed by atoms with E-state index in [1.807, 2.05) is 38.1 Å². The molecule has 6 heteroatoms. The number of hydrogen-bond acceptors (Lipinski definition) is 6. The van der Waals surface area contributed by atoms with Crippen molar-refractivity contribution in [1.82, 2.24) is 0 Å². The number of esters is 2. The minimum atomic E-state index is -0.252. The highest BCUT2D eigenvalue weighted by Crippen LogP contribution is 2.32. The molecule has 0 saturated heterocycles. The molecule has 0 saturated carbocycles. The molecule has 0 unspecified atom stereocenters. The Bertz CT molecular complexity index is 857. The summed E-state index contributed by atoms with van der Waals surface area (Å²) in [6.07, 6.45) is 1.89. The van der Waals surface area contributed by atoms with Crippen molar-refractivity contribution in [3.05, 3.63) is 57.6 Å². The Morgan fingerprint density at radius 3 is 1.48 bits per heavy atom. The average molecular weight is 429 g/mol. The van der Waals surface area contributed by atoms with Crippen molar-refractivity contribution >= 4 is 11.9 Å². The fourth-order valence-electron chi connectivity index (χ4n) is 3.59. The molecule has 0 amide bonds. The molecule has 0 bridgehead atoms. The summed E-state index contributed by atoms with van der Waals surface area (Å²) in [5, 5.41) is 21.2. The van der Waals surface area contributed by atoms with Crippen LogP contribution < -0.4 is 0 Å². The van der Waals surface area contributed by atoms with Gasteiger partial charge in [0.05, 0.1) is 13.2 Å². The van der Waals surface area contributed by atoms with Crippen LogP contribution in [0.5, 0.6) is 11.5 Å². The largest absolute Gasteiger partial charge is 0.507 e. The molecule has 0 aliphatic rings. The lowest BCUT2D eigenvalue weighted by Gasteiger charge is -2.14. The molecule has 0 atom stereocenters. The van der Waals surface area contributed by atoms with Gasteiger partial charge in [-0.3, -0.25) is 9.59 Å². The zero-order valence-electron chi connectivity index (χ0n) is 18.8. The summed E-state index contributed by atoms with van der Waals surface area (Å²) in [6.45, 7) is 7.88. The number of phenolic OH excluding ortho intramolecular Hbond substituents is 2. The summed E-state index contributed by atoms with van der Waals surface area (Å²) in [6, 6.07) is 7.45. The highest BCUT2D eigenvalue weighted by molar-refractivity contribution is 5.70. The van der Waals surface area contributed by atoms with E-state index in [0.717, 1.165) is 11.1 Å². The predicted octanol–water partition coefficient (Wildman–Crippen LogP) is 4.30. The minimum absolute atomic E-state index is 0.175. The highest BCUT2D eigenvalue weighted by Gasteiger charge is 2.14. The Kier molecular flexibility index (Phi) is 8.91. The van der Waals surface area contributed by atoms with Gasteiger partial charge in [0.1, 0.15) is 11.5 Å². The lowest BCUT2D eigenvalue weighted by molar-refractivity contribution is -0.144. The number of carbonyl (C=O) groups excluding carboxylic acids is 2. The van der Waals surface area contributed by atoms with E-state index >= 15 is 0 Å². The second-order valence-corrected chi connectivity index (χ2v) is 7.63. The lowest BCUT2D eigenvalue weighted by Crippen LogP contribution is -2.06. The first-order chi connectivity index (χ1) is 14.7. The first-order valence-corrected chi connectivity index (χ1v) is 10.7. The zero-order valence-corrected chi connectivity index (χ0v) is 18.8. The van der Waals surface area contributed by atoms with Crippen molar-refractivity contribution in [2.45, 2.75) is 59.8 Å². The fraction of sp³-hybridized carbons (Fsp3) is 0.440. The molecular weight excluding hydrogens is 396 g/mol. The van der Waals surface area contributed by atoms with E-state index in [1.54, 1.807) is 13.8 Å². The summed E-state index contributed by atoms with van der Waals surface area (Å²) in [5.41, 5.74) is 4.63. The zero-order chi connectivity index (χ0) is 23.0. The van der Waals surface area contributed by atoms with Crippen molar-refractivity contribution in [2.75, 3.05) is 13.2 Å². The van der Waals surface area contributed by atoms with E-state index in [2.05, 4.69) is 0 Å². The standard InChI is InChI=1S/C25H32O6/c1-5-30-22(26)9-7-18-11-16(3)24(28)20(13-18)15-21-14-19(12-17(4)25(21)29)8-10-23(27)31-6-2/h11-14,28-29H,5-10,15H2,1-4H3. The number of hydrogen-bond donors (Lipinski definition) is 2. The molecule has 2 N–H and O–H groups in total. The second-order valence-electron chi connectivity index (χ2n) is 7.63. The van der Waals surface area contributed by atoms with Crippen molar-refractivity contribution in [3.63, 3.8) is 0 Å². The predicted molar refractivity (Wildman–Crippen MR) is 118 cm³/mol. The van der Waals surface area contributed by atoms with Gasteiger partial charge in [0, 0.05) is 19.3 Å². The maximum Gasteiger partial charge on any atom is 0.306 e. The van der Waals surface area contributed by atoms with Gasteiger partial charge in [-0.1, -0.05) is 24.3 Å². The van der Waals surface area contributed by atoms with Crippen LogP contribution >= 0.6 is 0 Å². The number of benzene rings is 2. The van der Waals surface area contributed by atoms with Crippen LogP contribution in [0.4, 0.5) is 0 Å².